The van der Waals surface area contributed by atoms with E-state index < -0.39 is 0 Å². The molecular weight excluding hydrogens is 298 g/mol. The largest absolute Gasteiger partial charge is 0.508 e. The molecule has 1 fully saturated rings. The number of fused-ring (bicyclic) bond motifs is 1. The molecule has 7 heteroatoms. The Morgan fingerprint density at radius 3 is 2.85 bits per heavy atom. The van der Waals surface area contributed by atoms with Crippen LogP contribution >= 0.6 is 24.0 Å². The maximum Gasteiger partial charge on any atom is 0.263 e. The Morgan fingerprint density at radius 2 is 2.15 bits per heavy atom. The van der Waals surface area contributed by atoms with Gasteiger partial charge in [0.15, 0.2) is 5.43 Å². The quantitative estimate of drug-likeness (QED) is 0.619. The van der Waals surface area contributed by atoms with Crippen LogP contribution in [0.4, 0.5) is 0 Å². The van der Waals surface area contributed by atoms with E-state index in [1.807, 2.05) is 0 Å². The van der Waals surface area contributed by atoms with Crippen molar-refractivity contribution in [1.82, 2.24) is 5.32 Å². The maximum atomic E-state index is 12.3. The predicted molar refractivity (Wildman–Crippen MR) is 80.5 cm³/mol. The smallest absolute Gasteiger partial charge is 0.263 e. The lowest BCUT2D eigenvalue weighted by Gasteiger charge is -1.99. The zero-order valence-corrected chi connectivity index (χ0v) is 11.5. The second-order valence-electron chi connectivity index (χ2n) is 4.05. The van der Waals surface area contributed by atoms with Crippen molar-refractivity contribution in [3.63, 3.8) is 0 Å². The number of nitrogens with one attached hydrogen (secondary N) is 1. The Kier molecular flexibility index (Phi) is 3.07. The summed E-state index contributed by atoms with van der Waals surface area (Å²) in [5, 5.41) is 12.1. The van der Waals surface area contributed by atoms with Gasteiger partial charge in [0.25, 0.3) is 5.91 Å². The van der Waals surface area contributed by atoms with E-state index in [1.165, 1.54) is 30.5 Å². The van der Waals surface area contributed by atoms with Crippen LogP contribution in [0.5, 0.6) is 5.75 Å². The van der Waals surface area contributed by atoms with Crippen molar-refractivity contribution in [3.8, 4) is 5.75 Å². The number of carbonyl (C=O) groups excluding carboxylic acids is 1. The standard InChI is InChI=1S/C13H7NO4S2/c15-7-1-2-8-9(4-7)18-5-6(11(8)16)3-10-12(17)14-13(19)20-10/h1-5,15H,(H,14,17,19). The van der Waals surface area contributed by atoms with Crippen molar-refractivity contribution in [2.24, 2.45) is 0 Å². The molecule has 2 aromatic rings. The molecule has 1 saturated heterocycles. The van der Waals surface area contributed by atoms with Crippen LogP contribution in [-0.2, 0) is 4.79 Å². The van der Waals surface area contributed by atoms with Gasteiger partial charge < -0.3 is 14.8 Å². The lowest BCUT2D eigenvalue weighted by molar-refractivity contribution is -0.115. The van der Waals surface area contributed by atoms with Gasteiger partial charge in [-0.25, -0.2) is 0 Å². The summed E-state index contributed by atoms with van der Waals surface area (Å²) in [6.07, 6.45) is 2.70. The Balaban J connectivity index is 2.14. The van der Waals surface area contributed by atoms with Gasteiger partial charge in [-0.05, 0) is 18.2 Å². The van der Waals surface area contributed by atoms with Crippen molar-refractivity contribution in [3.05, 3.63) is 45.2 Å². The van der Waals surface area contributed by atoms with Crippen molar-refractivity contribution in [2.75, 3.05) is 0 Å². The van der Waals surface area contributed by atoms with Gasteiger partial charge in [-0.1, -0.05) is 24.0 Å². The average molecular weight is 305 g/mol. The summed E-state index contributed by atoms with van der Waals surface area (Å²) in [6, 6.07) is 4.24. The zero-order chi connectivity index (χ0) is 14.3. The van der Waals surface area contributed by atoms with E-state index in [0.29, 0.717) is 14.6 Å². The summed E-state index contributed by atoms with van der Waals surface area (Å²) in [7, 11) is 0. The molecule has 0 spiro atoms. The first kappa shape index (κ1) is 12.9. The molecule has 1 aliphatic rings. The van der Waals surface area contributed by atoms with Crippen LogP contribution in [-0.4, -0.2) is 15.3 Å². The van der Waals surface area contributed by atoms with Gasteiger partial charge in [-0.3, -0.25) is 9.59 Å². The Hall–Kier alpha value is -2.12. The Bertz CT molecular complexity index is 838. The highest BCUT2D eigenvalue weighted by molar-refractivity contribution is 8.26. The highest BCUT2D eigenvalue weighted by Gasteiger charge is 2.22. The molecule has 3 rings (SSSR count). The normalized spacial score (nSPS) is 16.9. The second kappa shape index (κ2) is 4.77. The molecular formula is C13H7NO4S2. The topological polar surface area (TPSA) is 79.5 Å². The van der Waals surface area contributed by atoms with E-state index in [2.05, 4.69) is 5.32 Å². The summed E-state index contributed by atoms with van der Waals surface area (Å²) < 4.78 is 5.66. The van der Waals surface area contributed by atoms with Crippen molar-refractivity contribution >= 4 is 51.3 Å². The maximum absolute atomic E-state index is 12.3. The molecule has 0 aliphatic carbocycles. The number of aromatic hydroxyl groups is 1. The molecule has 1 aromatic heterocycles. The molecule has 2 N–H and O–H groups in total. The van der Waals surface area contributed by atoms with Gasteiger partial charge in [0, 0.05) is 6.07 Å². The van der Waals surface area contributed by atoms with Gasteiger partial charge in [-0.2, -0.15) is 0 Å². The molecule has 5 nitrogen and oxygen atoms in total. The van der Waals surface area contributed by atoms with E-state index in [0.717, 1.165) is 11.8 Å². The lowest BCUT2D eigenvalue weighted by Crippen LogP contribution is -2.17. The fourth-order valence-electron chi connectivity index (χ4n) is 1.79. The van der Waals surface area contributed by atoms with Gasteiger partial charge in [0.2, 0.25) is 0 Å². The zero-order valence-electron chi connectivity index (χ0n) is 9.88. The third-order valence-electron chi connectivity index (χ3n) is 2.71. The van der Waals surface area contributed by atoms with Crippen LogP contribution in [0.2, 0.25) is 0 Å². The third kappa shape index (κ3) is 2.21. The van der Waals surface area contributed by atoms with E-state index in [4.69, 9.17) is 16.6 Å². The SMILES string of the molecule is O=C1NC(=S)SC1=Cc1coc2cc(O)ccc2c1=O. The first-order valence-corrected chi connectivity index (χ1v) is 6.76. The molecule has 1 aromatic carbocycles. The molecule has 2 heterocycles. The first-order valence-electron chi connectivity index (χ1n) is 5.54. The second-order valence-corrected chi connectivity index (χ2v) is 5.77. The number of hydrogen-bond acceptors (Lipinski definition) is 6. The summed E-state index contributed by atoms with van der Waals surface area (Å²) in [5.41, 5.74) is 0.270. The minimum Gasteiger partial charge on any atom is -0.508 e. The van der Waals surface area contributed by atoms with E-state index >= 15 is 0 Å². The highest BCUT2D eigenvalue weighted by atomic mass is 32.2. The Labute approximate surface area is 122 Å². The fraction of sp³-hybridized carbons (Fsp3) is 0. The van der Waals surface area contributed by atoms with Crippen molar-refractivity contribution in [1.29, 1.82) is 0 Å². The molecule has 0 saturated carbocycles. The van der Waals surface area contributed by atoms with Crippen LogP contribution in [0.1, 0.15) is 5.56 Å². The molecule has 1 amide bonds. The predicted octanol–water partition coefficient (Wildman–Crippen LogP) is 1.99. The Morgan fingerprint density at radius 1 is 1.35 bits per heavy atom. The molecule has 0 unspecified atom stereocenters. The van der Waals surface area contributed by atoms with Crippen molar-refractivity contribution < 1.29 is 14.3 Å². The number of carbonyl (C=O) groups is 1. The van der Waals surface area contributed by atoms with Gasteiger partial charge in [0.05, 0.1) is 15.9 Å². The van der Waals surface area contributed by atoms with Crippen LogP contribution < -0.4 is 10.7 Å². The van der Waals surface area contributed by atoms with E-state index in [9.17, 15) is 14.7 Å². The summed E-state index contributed by atoms with van der Waals surface area (Å²) in [5.74, 6) is -0.312. The van der Waals surface area contributed by atoms with Crippen molar-refractivity contribution in [2.45, 2.75) is 0 Å². The number of thioether (sulfide) groups is 1. The average Bonchev–Trinajstić information content (AvgIpc) is 2.71. The molecule has 20 heavy (non-hydrogen) atoms. The third-order valence-corrected chi connectivity index (χ3v) is 3.88. The molecule has 100 valence electrons. The molecule has 0 radical (unpaired) electrons. The van der Waals surface area contributed by atoms with Crippen LogP contribution in [0.15, 0.2) is 38.6 Å². The monoisotopic (exact) mass is 305 g/mol. The molecule has 1 aliphatic heterocycles. The minimum atomic E-state index is -0.329. The minimum absolute atomic E-state index is 0.0165. The number of phenolic OH excluding ortho intramolecular Hbond substituents is 1. The number of rotatable bonds is 1. The number of thiocarbonyl (C=S) groups is 1. The number of benzene rings is 1. The highest BCUT2D eigenvalue weighted by Crippen LogP contribution is 2.26. The fourth-order valence-corrected chi connectivity index (χ4v) is 2.83. The van der Waals surface area contributed by atoms with Gasteiger partial charge >= 0.3 is 0 Å². The van der Waals surface area contributed by atoms with Crippen LogP contribution in [0.3, 0.4) is 0 Å². The molecule has 0 bridgehead atoms. The van der Waals surface area contributed by atoms with E-state index in [1.54, 1.807) is 0 Å². The van der Waals surface area contributed by atoms with Gasteiger partial charge in [0.1, 0.15) is 21.9 Å². The first-order chi connectivity index (χ1) is 9.54. The van der Waals surface area contributed by atoms with Crippen LogP contribution in [0, 0.1) is 0 Å². The number of phenols is 1. The van der Waals surface area contributed by atoms with Gasteiger partial charge in [-0.15, -0.1) is 0 Å². The van der Waals surface area contributed by atoms with E-state index in [-0.39, 0.29) is 28.2 Å². The summed E-state index contributed by atoms with van der Waals surface area (Å²) in [4.78, 5) is 24.2. The number of hydrogen-bond donors (Lipinski definition) is 2. The summed E-state index contributed by atoms with van der Waals surface area (Å²) >= 11 is 5.97. The lowest BCUT2D eigenvalue weighted by atomic mass is 10.1. The summed E-state index contributed by atoms with van der Waals surface area (Å²) in [6.45, 7) is 0. The number of amides is 1. The van der Waals surface area contributed by atoms with Crippen LogP contribution in [0.25, 0.3) is 17.0 Å². The molecule has 0 atom stereocenters.